The van der Waals surface area contributed by atoms with Gasteiger partial charge >= 0.3 is 5.97 Å². The number of amides is 1. The number of hydrogen-bond acceptors (Lipinski definition) is 5. The highest BCUT2D eigenvalue weighted by molar-refractivity contribution is 6.30. The third-order valence-corrected chi connectivity index (χ3v) is 4.40. The average Bonchev–Trinajstić information content (AvgIpc) is 3.20. The fourth-order valence-electron chi connectivity index (χ4n) is 2.52. The number of esters is 1. The quantitative estimate of drug-likeness (QED) is 0.456. The van der Waals surface area contributed by atoms with Crippen molar-refractivity contribution in [3.8, 4) is 11.3 Å². The molecule has 1 aromatic heterocycles. The molecule has 0 unspecified atom stereocenters. The number of nitrogens with one attached hydrogen (secondary N) is 1. The minimum Gasteiger partial charge on any atom is -0.449 e. The molecular formula is C22H18ClNO5. The second kappa shape index (κ2) is 8.75. The number of rotatable bonds is 6. The van der Waals surface area contributed by atoms with Crippen molar-refractivity contribution in [1.29, 1.82) is 0 Å². The van der Waals surface area contributed by atoms with E-state index in [9.17, 15) is 14.4 Å². The van der Waals surface area contributed by atoms with E-state index in [0.29, 0.717) is 27.6 Å². The molecule has 3 rings (SSSR count). The molecule has 1 atom stereocenters. The Morgan fingerprint density at radius 2 is 1.62 bits per heavy atom. The first-order chi connectivity index (χ1) is 13.8. The van der Waals surface area contributed by atoms with Crippen molar-refractivity contribution in [2.45, 2.75) is 20.0 Å². The lowest BCUT2D eigenvalue weighted by atomic mass is 10.1. The Labute approximate surface area is 172 Å². The first-order valence-electron chi connectivity index (χ1n) is 8.82. The molecule has 1 N–H and O–H groups in total. The van der Waals surface area contributed by atoms with Crippen molar-refractivity contribution in [1.82, 2.24) is 0 Å². The minimum atomic E-state index is -1.03. The molecule has 0 aliphatic rings. The average molecular weight is 412 g/mol. The summed E-state index contributed by atoms with van der Waals surface area (Å²) in [6.07, 6.45) is -1.03. The van der Waals surface area contributed by atoms with E-state index < -0.39 is 18.0 Å². The van der Waals surface area contributed by atoms with Crippen LogP contribution < -0.4 is 5.32 Å². The van der Waals surface area contributed by atoms with E-state index in [4.69, 9.17) is 20.8 Å². The number of Topliss-reactive ketones (excluding diaryl/α,β-unsaturated/α-hetero) is 1. The van der Waals surface area contributed by atoms with Gasteiger partial charge < -0.3 is 14.5 Å². The van der Waals surface area contributed by atoms with Gasteiger partial charge in [-0.1, -0.05) is 35.9 Å². The summed E-state index contributed by atoms with van der Waals surface area (Å²) in [7, 11) is 0. The second-order valence-electron chi connectivity index (χ2n) is 6.34. The lowest BCUT2D eigenvalue weighted by Crippen LogP contribution is -2.29. The molecule has 0 aliphatic heterocycles. The zero-order valence-electron chi connectivity index (χ0n) is 15.8. The maximum absolute atomic E-state index is 12.3. The number of hydrogen-bond donors (Lipinski definition) is 1. The molecule has 6 nitrogen and oxygen atoms in total. The molecule has 1 heterocycles. The Kier molecular flexibility index (Phi) is 6.14. The third-order valence-electron chi connectivity index (χ3n) is 4.15. The van der Waals surface area contributed by atoms with Crippen molar-refractivity contribution < 1.29 is 23.5 Å². The van der Waals surface area contributed by atoms with Crippen LogP contribution >= 0.6 is 11.6 Å². The number of benzene rings is 2. The van der Waals surface area contributed by atoms with Gasteiger partial charge in [0.15, 0.2) is 11.9 Å². The maximum Gasteiger partial charge on any atom is 0.375 e. The predicted octanol–water partition coefficient (Wildman–Crippen LogP) is 4.99. The first-order valence-corrected chi connectivity index (χ1v) is 9.20. The van der Waals surface area contributed by atoms with E-state index in [1.165, 1.54) is 19.9 Å². The molecule has 0 aliphatic carbocycles. The molecular weight excluding hydrogens is 394 g/mol. The molecule has 7 heteroatoms. The molecule has 0 spiro atoms. The fraction of sp³-hybridized carbons (Fsp3) is 0.136. The van der Waals surface area contributed by atoms with Crippen LogP contribution in [0.4, 0.5) is 5.69 Å². The number of ketones is 1. The van der Waals surface area contributed by atoms with Crippen LogP contribution in [0.1, 0.15) is 34.8 Å². The van der Waals surface area contributed by atoms with Gasteiger partial charge in [-0.3, -0.25) is 9.59 Å². The number of furan rings is 1. The van der Waals surface area contributed by atoms with Gasteiger partial charge in [0.05, 0.1) is 0 Å². The van der Waals surface area contributed by atoms with Gasteiger partial charge in [-0.15, -0.1) is 0 Å². The first kappa shape index (κ1) is 20.4. The van der Waals surface area contributed by atoms with Crippen LogP contribution in [0.15, 0.2) is 65.1 Å². The second-order valence-corrected chi connectivity index (χ2v) is 6.78. The van der Waals surface area contributed by atoms with Crippen molar-refractivity contribution in [2.24, 2.45) is 0 Å². The van der Waals surface area contributed by atoms with Crippen LogP contribution in [0.5, 0.6) is 0 Å². The molecule has 0 radical (unpaired) electrons. The van der Waals surface area contributed by atoms with E-state index in [0.717, 1.165) is 0 Å². The maximum atomic E-state index is 12.3. The van der Waals surface area contributed by atoms with Crippen molar-refractivity contribution in [3.63, 3.8) is 0 Å². The Morgan fingerprint density at radius 1 is 0.966 bits per heavy atom. The van der Waals surface area contributed by atoms with Gasteiger partial charge in [-0.05, 0) is 50.2 Å². The van der Waals surface area contributed by atoms with Crippen LogP contribution in [-0.2, 0) is 9.53 Å². The van der Waals surface area contributed by atoms with Crippen molar-refractivity contribution >= 4 is 34.9 Å². The Morgan fingerprint density at radius 3 is 2.24 bits per heavy atom. The van der Waals surface area contributed by atoms with Crippen LogP contribution in [0.25, 0.3) is 11.3 Å². The smallest absolute Gasteiger partial charge is 0.375 e. The topological polar surface area (TPSA) is 85.6 Å². The van der Waals surface area contributed by atoms with E-state index in [2.05, 4.69) is 5.32 Å². The molecule has 3 aromatic rings. The van der Waals surface area contributed by atoms with Gasteiger partial charge in [0, 0.05) is 21.8 Å². The van der Waals surface area contributed by atoms with E-state index >= 15 is 0 Å². The highest BCUT2D eigenvalue weighted by Crippen LogP contribution is 2.23. The molecule has 0 saturated heterocycles. The lowest BCUT2D eigenvalue weighted by Gasteiger charge is -2.12. The molecule has 0 fully saturated rings. The minimum absolute atomic E-state index is 0.0261. The zero-order valence-corrected chi connectivity index (χ0v) is 16.5. The summed E-state index contributed by atoms with van der Waals surface area (Å²) in [5.74, 6) is -0.846. The van der Waals surface area contributed by atoms with Crippen molar-refractivity contribution in [2.75, 3.05) is 5.32 Å². The highest BCUT2D eigenvalue weighted by atomic mass is 35.5. The van der Waals surface area contributed by atoms with Gasteiger partial charge in [-0.2, -0.15) is 0 Å². The third kappa shape index (κ3) is 5.12. The van der Waals surface area contributed by atoms with Gasteiger partial charge in [0.2, 0.25) is 5.76 Å². The largest absolute Gasteiger partial charge is 0.449 e. The number of anilines is 1. The molecule has 148 valence electrons. The summed E-state index contributed by atoms with van der Waals surface area (Å²) in [4.78, 5) is 35.8. The number of halogens is 1. The molecule has 1 amide bonds. The summed E-state index contributed by atoms with van der Waals surface area (Å²) in [5.41, 5.74) is 1.83. The van der Waals surface area contributed by atoms with E-state index in [-0.39, 0.29) is 11.5 Å². The Hall–Kier alpha value is -3.38. The SMILES string of the molecule is CC(=O)c1ccc(-c2ccc(C(=O)O[C@@H](C)C(=O)Nc3ccc(Cl)cc3)o2)cc1. The predicted molar refractivity (Wildman–Crippen MR) is 109 cm³/mol. The van der Waals surface area contributed by atoms with E-state index in [1.807, 2.05) is 0 Å². The van der Waals surface area contributed by atoms with E-state index in [1.54, 1.807) is 54.6 Å². The van der Waals surface area contributed by atoms with Crippen LogP contribution in [0.3, 0.4) is 0 Å². The fourth-order valence-corrected chi connectivity index (χ4v) is 2.65. The Balaban J connectivity index is 1.62. The molecule has 29 heavy (non-hydrogen) atoms. The monoisotopic (exact) mass is 411 g/mol. The Bertz CT molecular complexity index is 1040. The summed E-state index contributed by atoms with van der Waals surface area (Å²) in [5, 5.41) is 3.19. The van der Waals surface area contributed by atoms with Gasteiger partial charge in [-0.25, -0.2) is 4.79 Å². The number of ether oxygens (including phenoxy) is 1. The molecule has 0 bridgehead atoms. The van der Waals surface area contributed by atoms with Crippen molar-refractivity contribution in [3.05, 3.63) is 77.0 Å². The number of carbonyl (C=O) groups is 3. The van der Waals surface area contributed by atoms with Gasteiger partial charge in [0.1, 0.15) is 5.76 Å². The normalized spacial score (nSPS) is 11.6. The van der Waals surface area contributed by atoms with Gasteiger partial charge in [0.25, 0.3) is 5.91 Å². The van der Waals surface area contributed by atoms with Crippen LogP contribution in [0.2, 0.25) is 5.02 Å². The zero-order chi connectivity index (χ0) is 21.0. The highest BCUT2D eigenvalue weighted by Gasteiger charge is 2.21. The molecule has 2 aromatic carbocycles. The summed E-state index contributed by atoms with van der Waals surface area (Å²) < 4.78 is 10.7. The molecule has 0 saturated carbocycles. The lowest BCUT2D eigenvalue weighted by molar-refractivity contribution is -0.123. The standard InChI is InChI=1S/C22H18ClNO5/c1-13(25)15-3-5-16(6-4-15)19-11-12-20(29-19)22(27)28-14(2)21(26)24-18-9-7-17(23)8-10-18/h3-12,14H,1-2H3,(H,24,26)/t14-/m0/s1. The summed E-state index contributed by atoms with van der Waals surface area (Å²) in [6.45, 7) is 2.95. The van der Waals surface area contributed by atoms with Crippen LogP contribution in [-0.4, -0.2) is 23.8 Å². The summed E-state index contributed by atoms with van der Waals surface area (Å²) >= 11 is 5.81. The summed E-state index contributed by atoms with van der Waals surface area (Å²) in [6, 6.07) is 16.5. The number of carbonyl (C=O) groups excluding carboxylic acids is 3. The van der Waals surface area contributed by atoms with Crippen LogP contribution in [0, 0.1) is 0 Å².